The van der Waals surface area contributed by atoms with Crippen LogP contribution in [0.5, 0.6) is 5.75 Å². The first kappa shape index (κ1) is 19.6. The SMILES string of the molecule is Cc1cccc(OCCNC(=O)CN2CCN(c3cc(C#N)ccn3)CC2)c1. The molecule has 7 nitrogen and oxygen atoms in total. The molecule has 0 unspecified atom stereocenters. The molecule has 0 bridgehead atoms. The lowest BCUT2D eigenvalue weighted by Crippen LogP contribution is -2.50. The normalized spacial score (nSPS) is 14.4. The van der Waals surface area contributed by atoms with Gasteiger partial charge in [0.2, 0.25) is 5.91 Å². The van der Waals surface area contributed by atoms with Crippen LogP contribution in [0.3, 0.4) is 0 Å². The van der Waals surface area contributed by atoms with Crippen LogP contribution in [0.2, 0.25) is 0 Å². The van der Waals surface area contributed by atoms with Gasteiger partial charge in [-0.3, -0.25) is 9.69 Å². The average molecular weight is 379 g/mol. The van der Waals surface area contributed by atoms with Crippen LogP contribution >= 0.6 is 0 Å². The molecule has 3 rings (SSSR count). The van der Waals surface area contributed by atoms with Crippen molar-refractivity contribution in [1.82, 2.24) is 15.2 Å². The molecule has 1 amide bonds. The Morgan fingerprint density at radius 1 is 1.25 bits per heavy atom. The fourth-order valence-corrected chi connectivity index (χ4v) is 3.12. The molecule has 1 N–H and O–H groups in total. The number of nitrogens with zero attached hydrogens (tertiary/aromatic N) is 4. The summed E-state index contributed by atoms with van der Waals surface area (Å²) in [5.41, 5.74) is 1.76. The van der Waals surface area contributed by atoms with E-state index < -0.39 is 0 Å². The van der Waals surface area contributed by atoms with E-state index in [4.69, 9.17) is 10.00 Å². The fraction of sp³-hybridized carbons (Fsp3) is 0.381. The summed E-state index contributed by atoms with van der Waals surface area (Å²) >= 11 is 0. The van der Waals surface area contributed by atoms with Crippen LogP contribution in [-0.4, -0.2) is 61.7 Å². The molecular formula is C21H25N5O2. The zero-order valence-corrected chi connectivity index (χ0v) is 16.1. The smallest absolute Gasteiger partial charge is 0.234 e. The number of nitrogens with one attached hydrogen (secondary N) is 1. The Balaban J connectivity index is 1.35. The number of nitriles is 1. The third kappa shape index (κ3) is 5.69. The van der Waals surface area contributed by atoms with Gasteiger partial charge < -0.3 is 15.0 Å². The van der Waals surface area contributed by atoms with Crippen molar-refractivity contribution >= 4 is 11.7 Å². The molecule has 1 fully saturated rings. The average Bonchev–Trinajstić information content (AvgIpc) is 2.72. The predicted molar refractivity (Wildman–Crippen MR) is 107 cm³/mol. The van der Waals surface area contributed by atoms with E-state index in [0.717, 1.165) is 43.3 Å². The lowest BCUT2D eigenvalue weighted by molar-refractivity contribution is -0.122. The van der Waals surface area contributed by atoms with E-state index in [9.17, 15) is 4.79 Å². The molecule has 0 saturated carbocycles. The van der Waals surface area contributed by atoms with E-state index in [0.29, 0.717) is 25.3 Å². The number of piperazine rings is 1. The van der Waals surface area contributed by atoms with E-state index in [1.165, 1.54) is 0 Å². The molecule has 1 saturated heterocycles. The summed E-state index contributed by atoms with van der Waals surface area (Å²) < 4.78 is 5.64. The van der Waals surface area contributed by atoms with E-state index in [2.05, 4.69) is 26.2 Å². The number of aryl methyl sites for hydroxylation is 1. The van der Waals surface area contributed by atoms with Crippen molar-refractivity contribution in [3.05, 3.63) is 53.7 Å². The standard InChI is InChI=1S/C21H25N5O2/c1-17-3-2-4-19(13-17)28-12-7-24-21(27)16-25-8-10-26(11-9-25)20-14-18(15-22)5-6-23-20/h2-6,13-14H,7-12,16H2,1H3,(H,24,27). The van der Waals surface area contributed by atoms with Crippen molar-refractivity contribution in [2.24, 2.45) is 0 Å². The quantitative estimate of drug-likeness (QED) is 0.736. The van der Waals surface area contributed by atoms with Gasteiger partial charge in [0.1, 0.15) is 18.2 Å². The molecule has 0 aliphatic carbocycles. The Morgan fingerprint density at radius 3 is 2.82 bits per heavy atom. The molecular weight excluding hydrogens is 354 g/mol. The second kappa shape index (κ2) is 9.72. The minimum atomic E-state index is 0.00546. The molecule has 1 aliphatic rings. The number of carbonyl (C=O) groups excluding carboxylic acids is 1. The minimum absolute atomic E-state index is 0.00546. The van der Waals surface area contributed by atoms with Crippen molar-refractivity contribution in [3.8, 4) is 11.8 Å². The van der Waals surface area contributed by atoms with Crippen molar-refractivity contribution in [2.45, 2.75) is 6.92 Å². The number of rotatable bonds is 7. The molecule has 0 radical (unpaired) electrons. The number of aromatic nitrogens is 1. The lowest BCUT2D eigenvalue weighted by atomic mass is 10.2. The Bertz CT molecular complexity index is 841. The maximum absolute atomic E-state index is 12.1. The van der Waals surface area contributed by atoms with E-state index in [1.54, 1.807) is 18.3 Å². The molecule has 1 aliphatic heterocycles. The number of pyridine rings is 1. The highest BCUT2D eigenvalue weighted by atomic mass is 16.5. The fourth-order valence-electron chi connectivity index (χ4n) is 3.12. The van der Waals surface area contributed by atoms with Gasteiger partial charge in [-0.2, -0.15) is 5.26 Å². The summed E-state index contributed by atoms with van der Waals surface area (Å²) in [7, 11) is 0. The zero-order valence-electron chi connectivity index (χ0n) is 16.1. The van der Waals surface area contributed by atoms with E-state index in [1.807, 2.05) is 31.2 Å². The predicted octanol–water partition coefficient (Wildman–Crippen LogP) is 1.58. The topological polar surface area (TPSA) is 81.5 Å². The first-order chi connectivity index (χ1) is 13.6. The van der Waals surface area contributed by atoms with Crippen LogP contribution < -0.4 is 15.0 Å². The maximum Gasteiger partial charge on any atom is 0.234 e. The van der Waals surface area contributed by atoms with Crippen LogP contribution in [0, 0.1) is 18.3 Å². The van der Waals surface area contributed by atoms with Gasteiger partial charge in [0.05, 0.1) is 24.7 Å². The lowest BCUT2D eigenvalue weighted by Gasteiger charge is -2.35. The summed E-state index contributed by atoms with van der Waals surface area (Å²) in [5.74, 6) is 1.64. The summed E-state index contributed by atoms with van der Waals surface area (Å²) in [4.78, 5) is 20.8. The molecule has 7 heteroatoms. The Labute approximate surface area is 165 Å². The third-order valence-corrected chi connectivity index (χ3v) is 4.62. The molecule has 2 heterocycles. The zero-order chi connectivity index (χ0) is 19.8. The van der Waals surface area contributed by atoms with Crippen molar-refractivity contribution in [2.75, 3.05) is 50.8 Å². The molecule has 1 aromatic carbocycles. The van der Waals surface area contributed by atoms with E-state index in [-0.39, 0.29) is 5.91 Å². The van der Waals surface area contributed by atoms with Crippen LogP contribution in [0.25, 0.3) is 0 Å². The van der Waals surface area contributed by atoms with Gasteiger partial charge in [-0.15, -0.1) is 0 Å². The van der Waals surface area contributed by atoms with Crippen molar-refractivity contribution < 1.29 is 9.53 Å². The monoisotopic (exact) mass is 379 g/mol. The van der Waals surface area contributed by atoms with E-state index >= 15 is 0 Å². The number of hydrogen-bond acceptors (Lipinski definition) is 6. The number of carbonyl (C=O) groups is 1. The van der Waals surface area contributed by atoms with Gasteiger partial charge in [0.25, 0.3) is 0 Å². The van der Waals surface area contributed by atoms with Gasteiger partial charge in [-0.05, 0) is 36.8 Å². The second-order valence-corrected chi connectivity index (χ2v) is 6.79. The summed E-state index contributed by atoms with van der Waals surface area (Å²) in [5, 5.41) is 11.9. The molecule has 0 atom stereocenters. The largest absolute Gasteiger partial charge is 0.492 e. The Morgan fingerprint density at radius 2 is 2.07 bits per heavy atom. The summed E-state index contributed by atoms with van der Waals surface area (Å²) in [6, 6.07) is 13.5. The Hall–Kier alpha value is -3.11. The van der Waals surface area contributed by atoms with Gasteiger partial charge in [-0.25, -0.2) is 4.98 Å². The van der Waals surface area contributed by atoms with Gasteiger partial charge in [0, 0.05) is 32.4 Å². The van der Waals surface area contributed by atoms with Crippen LogP contribution in [0.4, 0.5) is 5.82 Å². The number of ether oxygens (including phenoxy) is 1. The second-order valence-electron chi connectivity index (χ2n) is 6.79. The van der Waals surface area contributed by atoms with Gasteiger partial charge in [0.15, 0.2) is 0 Å². The van der Waals surface area contributed by atoms with Crippen molar-refractivity contribution in [1.29, 1.82) is 5.26 Å². The highest BCUT2D eigenvalue weighted by Gasteiger charge is 2.20. The van der Waals surface area contributed by atoms with Crippen molar-refractivity contribution in [3.63, 3.8) is 0 Å². The highest BCUT2D eigenvalue weighted by Crippen LogP contribution is 2.15. The highest BCUT2D eigenvalue weighted by molar-refractivity contribution is 5.78. The van der Waals surface area contributed by atoms with Crippen LogP contribution in [-0.2, 0) is 4.79 Å². The molecule has 0 spiro atoms. The van der Waals surface area contributed by atoms with Crippen LogP contribution in [0.1, 0.15) is 11.1 Å². The van der Waals surface area contributed by atoms with Crippen LogP contribution in [0.15, 0.2) is 42.6 Å². The first-order valence-corrected chi connectivity index (χ1v) is 9.43. The molecule has 1 aromatic heterocycles. The number of amides is 1. The summed E-state index contributed by atoms with van der Waals surface area (Å²) in [6.45, 7) is 6.46. The maximum atomic E-state index is 12.1. The Kier molecular flexibility index (Phi) is 6.82. The van der Waals surface area contributed by atoms with Gasteiger partial charge in [-0.1, -0.05) is 12.1 Å². The molecule has 2 aromatic rings. The van der Waals surface area contributed by atoms with Gasteiger partial charge >= 0.3 is 0 Å². The third-order valence-electron chi connectivity index (χ3n) is 4.62. The summed E-state index contributed by atoms with van der Waals surface area (Å²) in [6.07, 6.45) is 1.66. The number of hydrogen-bond donors (Lipinski definition) is 1. The first-order valence-electron chi connectivity index (χ1n) is 9.43. The number of anilines is 1. The molecule has 146 valence electrons. The molecule has 28 heavy (non-hydrogen) atoms. The minimum Gasteiger partial charge on any atom is -0.492 e. The number of benzene rings is 1.